The van der Waals surface area contributed by atoms with Gasteiger partial charge in [0.2, 0.25) is 22.1 Å². The number of thiazole rings is 2. The van der Waals surface area contributed by atoms with Crippen LogP contribution in [0.25, 0.3) is 66.8 Å². The van der Waals surface area contributed by atoms with Crippen molar-refractivity contribution in [3.8, 4) is 44.8 Å². The van der Waals surface area contributed by atoms with Gasteiger partial charge in [0, 0.05) is 114 Å². The van der Waals surface area contributed by atoms with E-state index < -0.39 is 39.9 Å². The van der Waals surface area contributed by atoms with Gasteiger partial charge < -0.3 is 24.1 Å². The predicted octanol–water partition coefficient (Wildman–Crippen LogP) is 13.0. The lowest BCUT2D eigenvalue weighted by atomic mass is 9.86. The highest BCUT2D eigenvalue weighted by Gasteiger charge is 2.41. The lowest BCUT2D eigenvalue weighted by Crippen LogP contribution is -2.40. The fourth-order valence-electron chi connectivity index (χ4n) is 10.2. The molecule has 9 aromatic rings. The summed E-state index contributed by atoms with van der Waals surface area (Å²) in [5, 5.41) is 21.0. The molecule has 7 heterocycles. The predicted molar refractivity (Wildman–Crippen MR) is 308 cm³/mol. The number of fused-ring (bicyclic) bond motifs is 2. The normalized spacial score (nSPS) is 14.4. The first-order valence-corrected chi connectivity index (χ1v) is 28.3. The lowest BCUT2D eigenvalue weighted by Gasteiger charge is -2.29. The van der Waals surface area contributed by atoms with E-state index in [1.165, 1.54) is 11.9 Å². The first-order chi connectivity index (χ1) is 38.5. The maximum Gasteiger partial charge on any atom is 0.304 e. The van der Waals surface area contributed by atoms with Crippen molar-refractivity contribution in [2.45, 2.75) is 57.4 Å². The average Bonchev–Trinajstić information content (AvgIpc) is 3.74. The largest absolute Gasteiger partial charge is 0.481 e. The first kappa shape index (κ1) is 55.9. The van der Waals surface area contributed by atoms with E-state index in [2.05, 4.69) is 19.9 Å². The van der Waals surface area contributed by atoms with Crippen molar-refractivity contribution in [1.29, 1.82) is 0 Å². The topological polar surface area (TPSA) is 186 Å². The molecule has 412 valence electrons. The quantitative estimate of drug-likeness (QED) is 0.0884. The molecular formula is C59H54Cl2F2N8O7S2. The highest BCUT2D eigenvalue weighted by molar-refractivity contribution is 7.15. The Morgan fingerprint density at radius 3 is 1.71 bits per heavy atom. The van der Waals surface area contributed by atoms with Gasteiger partial charge in [0.05, 0.1) is 18.8 Å². The van der Waals surface area contributed by atoms with Crippen LogP contribution >= 0.6 is 45.9 Å². The van der Waals surface area contributed by atoms with Crippen LogP contribution in [0.1, 0.15) is 50.5 Å². The van der Waals surface area contributed by atoms with E-state index in [1.807, 2.05) is 96.3 Å². The van der Waals surface area contributed by atoms with E-state index in [-0.39, 0.29) is 58.8 Å². The molecule has 15 nitrogen and oxygen atoms in total. The maximum atomic E-state index is 15.7. The molecule has 1 aliphatic carbocycles. The van der Waals surface area contributed by atoms with Crippen molar-refractivity contribution < 1.29 is 42.9 Å². The van der Waals surface area contributed by atoms with Crippen LogP contribution in [-0.4, -0.2) is 89.3 Å². The van der Waals surface area contributed by atoms with Gasteiger partial charge in [-0.1, -0.05) is 88.3 Å². The summed E-state index contributed by atoms with van der Waals surface area (Å²) in [7, 11) is 5.32. The Morgan fingerprint density at radius 1 is 0.675 bits per heavy atom. The van der Waals surface area contributed by atoms with Gasteiger partial charge in [-0.05, 0) is 110 Å². The Kier molecular flexibility index (Phi) is 16.8. The molecule has 0 unspecified atom stereocenters. The van der Waals surface area contributed by atoms with Gasteiger partial charge in [-0.2, -0.15) is 8.78 Å². The average molecular weight is 1160 g/mol. The highest BCUT2D eigenvalue weighted by atomic mass is 35.5. The number of carbonyl (C=O) groups is 4. The fourth-order valence-corrected chi connectivity index (χ4v) is 12.3. The molecule has 2 aliphatic rings. The summed E-state index contributed by atoms with van der Waals surface area (Å²) < 4.78 is 40.4. The number of anilines is 2. The van der Waals surface area contributed by atoms with E-state index in [9.17, 15) is 29.4 Å². The molecule has 1 aliphatic heterocycles. The van der Waals surface area contributed by atoms with Crippen LogP contribution in [0.15, 0.2) is 116 Å². The number of nitrogens with zero attached hydrogens (tertiary/aromatic N) is 8. The summed E-state index contributed by atoms with van der Waals surface area (Å²) in [5.41, 5.74) is 6.58. The molecule has 0 bridgehead atoms. The minimum Gasteiger partial charge on any atom is -0.481 e. The van der Waals surface area contributed by atoms with Gasteiger partial charge >= 0.3 is 11.9 Å². The monoisotopic (exact) mass is 1160 g/mol. The Bertz CT molecular complexity index is 3780. The smallest absolute Gasteiger partial charge is 0.304 e. The molecule has 21 heteroatoms. The van der Waals surface area contributed by atoms with Crippen molar-refractivity contribution in [1.82, 2.24) is 29.1 Å². The van der Waals surface area contributed by atoms with E-state index in [4.69, 9.17) is 27.9 Å². The van der Waals surface area contributed by atoms with Crippen LogP contribution < -0.4 is 9.80 Å². The number of pyridine rings is 2. The second kappa shape index (κ2) is 24.1. The molecule has 2 N–H and O–H groups in total. The number of hydrogen-bond acceptors (Lipinski definition) is 11. The van der Waals surface area contributed by atoms with Crippen molar-refractivity contribution in [2.24, 2.45) is 31.8 Å². The van der Waals surface area contributed by atoms with Gasteiger partial charge in [0.15, 0.2) is 10.3 Å². The number of benzene rings is 3. The number of amides is 2. The third-order valence-electron chi connectivity index (χ3n) is 14.5. The number of hydrogen-bond donors (Lipinski definition) is 2. The third-order valence-corrected chi connectivity index (χ3v) is 16.7. The zero-order valence-electron chi connectivity index (χ0n) is 43.7. The van der Waals surface area contributed by atoms with Gasteiger partial charge in [0.25, 0.3) is 0 Å². The van der Waals surface area contributed by atoms with E-state index >= 15 is 8.78 Å². The standard InChI is InChI=1S/C30H30ClFN4O4S.C29H24ClFN4O3S/c1-35-9-6-18-13-20(16-33-28(18)35)23-5-2-21(31)15-24(23)26-27(32)41-30(34-26)36(22-3-4-22)29(39)19(14-25(37)38)12-17-7-10-40-11-8-17;1-34-11-10-18-13-20(16-32-27(18)34)22-9-8-21(30)15-23(22)25-26(31)39-29(33-25)35(2)28(38)19(14-24(36)37)12-17-6-4-3-5-7-17/h2,5-6,9,13,15-17,19,22H,3-4,7-8,10-12,14H2,1H3,(H,37,38);3-11,13,15-16,19H,12,14H2,1-2H3,(H,36,37)/t2*19-/m11/s1. The summed E-state index contributed by atoms with van der Waals surface area (Å²) in [6, 6.07) is 27.3. The molecule has 2 fully saturated rings. The molecule has 0 radical (unpaired) electrons. The summed E-state index contributed by atoms with van der Waals surface area (Å²) in [4.78, 5) is 71.6. The number of halogens is 4. The number of aromatic nitrogens is 6. The molecular weight excluding hydrogens is 1110 g/mol. The zero-order valence-corrected chi connectivity index (χ0v) is 46.8. The van der Waals surface area contributed by atoms with Gasteiger partial charge in [-0.25, -0.2) is 19.9 Å². The summed E-state index contributed by atoms with van der Waals surface area (Å²) in [6.45, 7) is 1.22. The third kappa shape index (κ3) is 12.5. The van der Waals surface area contributed by atoms with Gasteiger partial charge in [0.1, 0.15) is 22.7 Å². The van der Waals surface area contributed by atoms with E-state index in [0.29, 0.717) is 46.4 Å². The molecule has 2 atom stereocenters. The van der Waals surface area contributed by atoms with Gasteiger partial charge in [-0.3, -0.25) is 29.0 Å². The Labute approximate surface area is 477 Å². The first-order valence-electron chi connectivity index (χ1n) is 25.9. The summed E-state index contributed by atoms with van der Waals surface area (Å²) >= 11 is 14.2. The Morgan fingerprint density at radius 2 is 1.19 bits per heavy atom. The van der Waals surface area contributed by atoms with E-state index in [0.717, 1.165) is 92.7 Å². The maximum absolute atomic E-state index is 15.7. The summed E-state index contributed by atoms with van der Waals surface area (Å²) in [6.07, 6.45) is 10.5. The van der Waals surface area contributed by atoms with Gasteiger partial charge in [-0.15, -0.1) is 0 Å². The number of rotatable bonds is 17. The molecule has 6 aromatic heterocycles. The molecule has 1 saturated carbocycles. The number of carboxylic acids is 2. The second-order valence-corrected chi connectivity index (χ2v) is 22.9. The minimum atomic E-state index is -1.09. The van der Waals surface area contributed by atoms with Crippen molar-refractivity contribution in [2.75, 3.05) is 30.1 Å². The fraction of sp³-hybridized carbons (Fsp3) is 0.288. The molecule has 11 rings (SSSR count). The van der Waals surface area contributed by atoms with Crippen LogP contribution in [0.3, 0.4) is 0 Å². The Hall–Kier alpha value is -7.42. The molecule has 80 heavy (non-hydrogen) atoms. The molecule has 3 aromatic carbocycles. The van der Waals surface area contributed by atoms with Crippen LogP contribution in [0.5, 0.6) is 0 Å². The SMILES string of the molecule is CN(C(=O)[C@@H](CC(=O)O)Cc1ccccc1)c1nc(-c2cc(Cl)ccc2-c2cnc3c(ccn3C)c2)c(F)s1.Cn1ccc2cc(-c3ccc(Cl)cc3-c3nc(N(C(=O)[C@@H](CC(=O)O)CC4CCOCC4)C4CC4)sc3F)cnc21. The second-order valence-electron chi connectivity index (χ2n) is 20.2. The number of ether oxygens (including phenoxy) is 1. The zero-order chi connectivity index (χ0) is 56.4. The summed E-state index contributed by atoms with van der Waals surface area (Å²) in [5.74, 6) is -4.20. The van der Waals surface area contributed by atoms with Crippen molar-refractivity contribution in [3.63, 3.8) is 0 Å². The number of aliphatic carboxylic acids is 2. The van der Waals surface area contributed by atoms with E-state index in [1.54, 1.807) is 47.6 Å². The van der Waals surface area contributed by atoms with Crippen LogP contribution in [0.2, 0.25) is 10.0 Å². The van der Waals surface area contributed by atoms with Crippen LogP contribution in [0, 0.1) is 28.0 Å². The number of carbonyl (C=O) groups excluding carboxylic acids is 2. The van der Waals surface area contributed by atoms with Crippen molar-refractivity contribution in [3.05, 3.63) is 142 Å². The molecule has 1 saturated heterocycles. The molecule has 0 spiro atoms. The lowest BCUT2D eigenvalue weighted by molar-refractivity contribution is -0.141. The highest BCUT2D eigenvalue weighted by Crippen LogP contribution is 2.44. The van der Waals surface area contributed by atoms with Crippen LogP contribution in [-0.2, 0) is 44.4 Å². The molecule has 2 amide bonds. The Balaban J connectivity index is 0.000000180. The number of carboxylic acid groups (broad SMARTS) is 2. The minimum absolute atomic E-state index is 0.0538. The van der Waals surface area contributed by atoms with Crippen LogP contribution in [0.4, 0.5) is 19.0 Å². The number of aryl methyl sites for hydroxylation is 2. The van der Waals surface area contributed by atoms with Crippen molar-refractivity contribution >= 4 is 102 Å².